The van der Waals surface area contributed by atoms with Gasteiger partial charge in [-0.15, -0.1) is 0 Å². The molecule has 0 heterocycles. The zero-order valence-electron chi connectivity index (χ0n) is 7.60. The highest BCUT2D eigenvalue weighted by molar-refractivity contribution is 5.77. The largest absolute Gasteiger partial charge is 0.494 e. The normalized spacial score (nSPS) is 9.50. The number of rotatable bonds is 4. The predicted octanol–water partition coefficient (Wildman–Crippen LogP) is 1.81. The molecular formula is C9H9NO4. The lowest BCUT2D eigenvalue weighted by atomic mass is 10.2. The fourth-order valence-corrected chi connectivity index (χ4v) is 1.03. The molecule has 0 unspecified atom stereocenters. The standard InChI is InChI=1S/C9H9NO4/c1-2-14-9-4-7(6-11)3-8(5-9)10(12)13/h3-6H,2H2,1H3. The molecule has 1 aromatic rings. The van der Waals surface area contributed by atoms with E-state index in [1.807, 2.05) is 0 Å². The first-order valence-electron chi connectivity index (χ1n) is 4.05. The molecule has 0 aliphatic carbocycles. The van der Waals surface area contributed by atoms with Crippen LogP contribution < -0.4 is 4.74 Å². The highest BCUT2D eigenvalue weighted by Crippen LogP contribution is 2.21. The quantitative estimate of drug-likeness (QED) is 0.417. The Labute approximate surface area is 80.5 Å². The zero-order valence-corrected chi connectivity index (χ0v) is 7.60. The predicted molar refractivity (Wildman–Crippen MR) is 49.7 cm³/mol. The summed E-state index contributed by atoms with van der Waals surface area (Å²) in [7, 11) is 0. The van der Waals surface area contributed by atoms with E-state index in [4.69, 9.17) is 4.74 Å². The lowest BCUT2D eigenvalue weighted by Gasteiger charge is -2.02. The van der Waals surface area contributed by atoms with Crippen LogP contribution in [0, 0.1) is 10.1 Å². The summed E-state index contributed by atoms with van der Waals surface area (Å²) in [6, 6.07) is 3.95. The van der Waals surface area contributed by atoms with Crippen molar-refractivity contribution in [2.45, 2.75) is 6.92 Å². The highest BCUT2D eigenvalue weighted by atomic mass is 16.6. The van der Waals surface area contributed by atoms with E-state index >= 15 is 0 Å². The SMILES string of the molecule is CCOc1cc(C=O)cc([N+](=O)[O-])c1. The third kappa shape index (κ3) is 2.29. The molecular weight excluding hydrogens is 186 g/mol. The average molecular weight is 195 g/mol. The van der Waals surface area contributed by atoms with Gasteiger partial charge in [-0.25, -0.2) is 0 Å². The van der Waals surface area contributed by atoms with Gasteiger partial charge in [0.1, 0.15) is 12.0 Å². The molecule has 0 aliphatic rings. The van der Waals surface area contributed by atoms with Crippen LogP contribution in [0.3, 0.4) is 0 Å². The van der Waals surface area contributed by atoms with Gasteiger partial charge >= 0.3 is 0 Å². The van der Waals surface area contributed by atoms with Gasteiger partial charge in [-0.1, -0.05) is 0 Å². The van der Waals surface area contributed by atoms with Crippen molar-refractivity contribution in [3.8, 4) is 5.75 Å². The Morgan fingerprint density at radius 2 is 2.21 bits per heavy atom. The number of ether oxygens (including phenoxy) is 1. The van der Waals surface area contributed by atoms with Crippen molar-refractivity contribution in [2.24, 2.45) is 0 Å². The van der Waals surface area contributed by atoms with Crippen LogP contribution in [0.2, 0.25) is 0 Å². The minimum Gasteiger partial charge on any atom is -0.494 e. The summed E-state index contributed by atoms with van der Waals surface area (Å²) >= 11 is 0. The number of benzene rings is 1. The Kier molecular flexibility index (Phi) is 3.17. The van der Waals surface area contributed by atoms with Crippen molar-refractivity contribution in [1.29, 1.82) is 0 Å². The number of nitro benzene ring substituents is 1. The van der Waals surface area contributed by atoms with Gasteiger partial charge in [-0.05, 0) is 13.0 Å². The van der Waals surface area contributed by atoms with E-state index in [1.165, 1.54) is 18.2 Å². The molecule has 5 heteroatoms. The minimum atomic E-state index is -0.560. The smallest absolute Gasteiger partial charge is 0.273 e. The molecule has 0 fully saturated rings. The number of carbonyl (C=O) groups is 1. The number of hydrogen-bond acceptors (Lipinski definition) is 4. The van der Waals surface area contributed by atoms with E-state index in [9.17, 15) is 14.9 Å². The maximum atomic E-state index is 10.5. The molecule has 1 rings (SSSR count). The summed E-state index contributed by atoms with van der Waals surface area (Å²) < 4.78 is 5.08. The van der Waals surface area contributed by atoms with E-state index in [2.05, 4.69) is 0 Å². The Hall–Kier alpha value is -1.91. The third-order valence-electron chi connectivity index (χ3n) is 1.57. The van der Waals surface area contributed by atoms with Gasteiger partial charge in [0.2, 0.25) is 0 Å². The summed E-state index contributed by atoms with van der Waals surface area (Å²) in [6.07, 6.45) is 0.551. The van der Waals surface area contributed by atoms with Gasteiger partial charge in [0.15, 0.2) is 0 Å². The molecule has 14 heavy (non-hydrogen) atoms. The molecule has 0 atom stereocenters. The van der Waals surface area contributed by atoms with Gasteiger partial charge < -0.3 is 4.74 Å². The number of aldehydes is 1. The summed E-state index contributed by atoms with van der Waals surface area (Å²) in [5.41, 5.74) is 0.0979. The van der Waals surface area contributed by atoms with E-state index in [0.717, 1.165) is 0 Å². The van der Waals surface area contributed by atoms with Crippen molar-refractivity contribution in [2.75, 3.05) is 6.61 Å². The van der Waals surface area contributed by atoms with Crippen molar-refractivity contribution >= 4 is 12.0 Å². The first-order chi connectivity index (χ1) is 6.67. The van der Waals surface area contributed by atoms with Gasteiger partial charge in [0.05, 0.1) is 17.6 Å². The zero-order chi connectivity index (χ0) is 10.6. The van der Waals surface area contributed by atoms with Crippen molar-refractivity contribution in [3.05, 3.63) is 33.9 Å². The lowest BCUT2D eigenvalue weighted by molar-refractivity contribution is -0.384. The molecule has 74 valence electrons. The molecule has 0 saturated heterocycles. The van der Waals surface area contributed by atoms with Crippen LogP contribution in [0.15, 0.2) is 18.2 Å². The summed E-state index contributed by atoms with van der Waals surface area (Å²) in [5.74, 6) is 0.337. The van der Waals surface area contributed by atoms with Gasteiger partial charge in [-0.3, -0.25) is 14.9 Å². The summed E-state index contributed by atoms with van der Waals surface area (Å²) in [6.45, 7) is 2.17. The first-order valence-corrected chi connectivity index (χ1v) is 4.05. The summed E-state index contributed by atoms with van der Waals surface area (Å²) in [5, 5.41) is 10.5. The Morgan fingerprint density at radius 1 is 1.50 bits per heavy atom. The minimum absolute atomic E-state index is 0.141. The lowest BCUT2D eigenvalue weighted by Crippen LogP contribution is -1.95. The molecule has 0 aromatic heterocycles. The number of hydrogen-bond donors (Lipinski definition) is 0. The van der Waals surface area contributed by atoms with E-state index in [0.29, 0.717) is 18.6 Å². The molecule has 0 bridgehead atoms. The van der Waals surface area contributed by atoms with Gasteiger partial charge in [-0.2, -0.15) is 0 Å². The fraction of sp³-hybridized carbons (Fsp3) is 0.222. The number of non-ortho nitro benzene ring substituents is 1. The topological polar surface area (TPSA) is 69.4 Å². The van der Waals surface area contributed by atoms with Crippen LogP contribution in [-0.4, -0.2) is 17.8 Å². The Morgan fingerprint density at radius 3 is 2.71 bits per heavy atom. The van der Waals surface area contributed by atoms with Crippen LogP contribution in [0.25, 0.3) is 0 Å². The second-order valence-electron chi connectivity index (χ2n) is 2.57. The van der Waals surface area contributed by atoms with Crippen molar-refractivity contribution in [1.82, 2.24) is 0 Å². The average Bonchev–Trinajstić information content (AvgIpc) is 2.17. The van der Waals surface area contributed by atoms with E-state index in [1.54, 1.807) is 6.92 Å². The molecule has 0 saturated carbocycles. The molecule has 0 amide bonds. The van der Waals surface area contributed by atoms with Crippen LogP contribution in [0.5, 0.6) is 5.75 Å². The molecule has 0 aliphatic heterocycles. The van der Waals surface area contributed by atoms with Crippen LogP contribution in [0.1, 0.15) is 17.3 Å². The molecule has 0 spiro atoms. The van der Waals surface area contributed by atoms with Crippen molar-refractivity contribution in [3.63, 3.8) is 0 Å². The summed E-state index contributed by atoms with van der Waals surface area (Å²) in [4.78, 5) is 20.4. The number of nitrogens with zero attached hydrogens (tertiary/aromatic N) is 1. The maximum Gasteiger partial charge on any atom is 0.273 e. The molecule has 5 nitrogen and oxygen atoms in total. The number of carbonyl (C=O) groups excluding carboxylic acids is 1. The van der Waals surface area contributed by atoms with E-state index in [-0.39, 0.29) is 11.3 Å². The molecule has 0 radical (unpaired) electrons. The van der Waals surface area contributed by atoms with Crippen LogP contribution in [-0.2, 0) is 0 Å². The fourth-order valence-electron chi connectivity index (χ4n) is 1.03. The molecule has 1 aromatic carbocycles. The second kappa shape index (κ2) is 4.36. The monoisotopic (exact) mass is 195 g/mol. The third-order valence-corrected chi connectivity index (χ3v) is 1.57. The van der Waals surface area contributed by atoms with Gasteiger partial charge in [0, 0.05) is 11.6 Å². The van der Waals surface area contributed by atoms with Gasteiger partial charge in [0.25, 0.3) is 5.69 Å². The van der Waals surface area contributed by atoms with Crippen LogP contribution >= 0.6 is 0 Å². The Bertz CT molecular complexity index is 362. The van der Waals surface area contributed by atoms with Crippen LogP contribution in [0.4, 0.5) is 5.69 Å². The Balaban J connectivity index is 3.12. The first kappa shape index (κ1) is 10.2. The van der Waals surface area contributed by atoms with Crippen molar-refractivity contribution < 1.29 is 14.5 Å². The second-order valence-corrected chi connectivity index (χ2v) is 2.57. The number of nitro groups is 1. The van der Waals surface area contributed by atoms with E-state index < -0.39 is 4.92 Å². The molecule has 0 N–H and O–H groups in total. The maximum absolute atomic E-state index is 10.5. The highest BCUT2D eigenvalue weighted by Gasteiger charge is 2.09.